The highest BCUT2D eigenvalue weighted by atomic mass is 16.5. The molecule has 0 unspecified atom stereocenters. The molecular weight excluding hydrogens is 222 g/mol. The molecule has 5 nitrogen and oxygen atoms in total. The van der Waals surface area contributed by atoms with Gasteiger partial charge in [-0.25, -0.2) is 4.79 Å². The summed E-state index contributed by atoms with van der Waals surface area (Å²) in [6.07, 6.45) is 0. The third kappa shape index (κ3) is 1.81. The smallest absolute Gasteiger partial charge is 0.354 e. The molecule has 1 heterocycles. The molecule has 0 saturated heterocycles. The summed E-state index contributed by atoms with van der Waals surface area (Å²) in [5.41, 5.74) is -0.344. The first-order chi connectivity index (χ1) is 8.19. The van der Waals surface area contributed by atoms with Gasteiger partial charge in [0.1, 0.15) is 17.2 Å². The Balaban J connectivity index is 2.80. The van der Waals surface area contributed by atoms with Gasteiger partial charge >= 0.3 is 5.63 Å². The van der Waals surface area contributed by atoms with Crippen LogP contribution < -0.4 is 15.1 Å². The van der Waals surface area contributed by atoms with Gasteiger partial charge in [-0.05, 0) is 12.1 Å². The molecular formula is C12H9NO4. The lowest BCUT2D eigenvalue weighted by Crippen LogP contribution is -2.03. The fraction of sp³-hybridized carbons (Fsp3) is 0.167. The molecule has 2 aromatic rings. The van der Waals surface area contributed by atoms with Crippen molar-refractivity contribution in [1.82, 2.24) is 0 Å². The molecule has 0 saturated carbocycles. The Hall–Kier alpha value is -2.48. The zero-order valence-electron chi connectivity index (χ0n) is 9.31. The van der Waals surface area contributed by atoms with Gasteiger partial charge in [-0.3, -0.25) is 0 Å². The third-order valence-corrected chi connectivity index (χ3v) is 2.36. The van der Waals surface area contributed by atoms with Crippen LogP contribution in [-0.2, 0) is 0 Å². The molecule has 0 fully saturated rings. The van der Waals surface area contributed by atoms with Crippen LogP contribution in [-0.4, -0.2) is 14.2 Å². The summed E-state index contributed by atoms with van der Waals surface area (Å²) in [6.45, 7) is 0. The van der Waals surface area contributed by atoms with Gasteiger partial charge in [0.25, 0.3) is 0 Å². The first-order valence-corrected chi connectivity index (χ1v) is 4.79. The summed E-state index contributed by atoms with van der Waals surface area (Å²) < 4.78 is 15.2. The van der Waals surface area contributed by atoms with Gasteiger partial charge in [0.2, 0.25) is 0 Å². The Bertz CT molecular complexity index is 666. The number of benzene rings is 1. The second-order valence-corrected chi connectivity index (χ2v) is 3.30. The first-order valence-electron chi connectivity index (χ1n) is 4.79. The van der Waals surface area contributed by atoms with Crippen molar-refractivity contribution in [2.45, 2.75) is 0 Å². The average Bonchev–Trinajstić information content (AvgIpc) is 2.36. The lowest BCUT2D eigenvalue weighted by atomic mass is 10.2. The number of nitriles is 1. The third-order valence-electron chi connectivity index (χ3n) is 2.36. The van der Waals surface area contributed by atoms with E-state index in [1.165, 1.54) is 20.3 Å². The molecule has 0 aliphatic carbocycles. The molecule has 0 aliphatic heterocycles. The number of hydrogen-bond donors (Lipinski definition) is 0. The minimum atomic E-state index is -0.660. The van der Waals surface area contributed by atoms with Crippen LogP contribution in [0.15, 0.2) is 27.4 Å². The van der Waals surface area contributed by atoms with Crippen LogP contribution in [0.5, 0.6) is 11.5 Å². The highest BCUT2D eigenvalue weighted by molar-refractivity contribution is 5.81. The van der Waals surface area contributed by atoms with E-state index in [9.17, 15) is 4.79 Å². The lowest BCUT2D eigenvalue weighted by Gasteiger charge is -2.08. The Morgan fingerprint density at radius 2 is 1.82 bits per heavy atom. The Morgan fingerprint density at radius 1 is 1.18 bits per heavy atom. The summed E-state index contributed by atoms with van der Waals surface area (Å²) in [5, 5.41) is 9.35. The number of fused-ring (bicyclic) bond motifs is 1. The van der Waals surface area contributed by atoms with E-state index in [1.807, 2.05) is 0 Å². The van der Waals surface area contributed by atoms with Crippen molar-refractivity contribution < 1.29 is 13.9 Å². The number of ether oxygens (including phenoxy) is 2. The van der Waals surface area contributed by atoms with Crippen molar-refractivity contribution in [2.24, 2.45) is 0 Å². The number of hydrogen-bond acceptors (Lipinski definition) is 5. The van der Waals surface area contributed by atoms with Gasteiger partial charge < -0.3 is 13.9 Å². The SMILES string of the molecule is COc1cc2cc(C#N)c(=O)oc2cc1OC. The molecule has 0 aliphatic rings. The fourth-order valence-corrected chi connectivity index (χ4v) is 1.52. The van der Waals surface area contributed by atoms with Crippen LogP contribution in [0, 0.1) is 11.3 Å². The molecule has 0 N–H and O–H groups in total. The Kier molecular flexibility index (Phi) is 2.71. The fourth-order valence-electron chi connectivity index (χ4n) is 1.52. The largest absolute Gasteiger partial charge is 0.493 e. The summed E-state index contributed by atoms with van der Waals surface area (Å²) in [4.78, 5) is 11.4. The van der Waals surface area contributed by atoms with E-state index in [0.29, 0.717) is 22.5 Å². The molecule has 0 radical (unpaired) electrons. The molecule has 0 bridgehead atoms. The maximum atomic E-state index is 11.4. The van der Waals surface area contributed by atoms with E-state index >= 15 is 0 Å². The number of rotatable bonds is 2. The molecule has 0 amide bonds. The predicted molar refractivity (Wildman–Crippen MR) is 60.3 cm³/mol. The van der Waals surface area contributed by atoms with Gasteiger partial charge in [-0.1, -0.05) is 0 Å². The Morgan fingerprint density at radius 3 is 2.41 bits per heavy atom. The molecule has 5 heteroatoms. The molecule has 1 aromatic heterocycles. The highest BCUT2D eigenvalue weighted by Gasteiger charge is 2.10. The number of methoxy groups -OCH3 is 2. The van der Waals surface area contributed by atoms with Crippen LogP contribution in [0.25, 0.3) is 11.0 Å². The van der Waals surface area contributed by atoms with Crippen molar-refractivity contribution in [3.8, 4) is 17.6 Å². The monoisotopic (exact) mass is 231 g/mol. The van der Waals surface area contributed by atoms with Crippen LogP contribution in [0.3, 0.4) is 0 Å². The van der Waals surface area contributed by atoms with Crippen molar-refractivity contribution in [1.29, 1.82) is 5.26 Å². The minimum absolute atomic E-state index is 0.0373. The molecule has 1 aromatic carbocycles. The van der Waals surface area contributed by atoms with Gasteiger partial charge in [0, 0.05) is 11.5 Å². The summed E-state index contributed by atoms with van der Waals surface area (Å²) in [5.74, 6) is 0.977. The lowest BCUT2D eigenvalue weighted by molar-refractivity contribution is 0.355. The second-order valence-electron chi connectivity index (χ2n) is 3.30. The molecule has 2 rings (SSSR count). The van der Waals surface area contributed by atoms with E-state index in [1.54, 1.807) is 18.2 Å². The van der Waals surface area contributed by atoms with Crippen LogP contribution >= 0.6 is 0 Å². The van der Waals surface area contributed by atoms with Gasteiger partial charge in [0.15, 0.2) is 11.5 Å². The predicted octanol–water partition coefficient (Wildman–Crippen LogP) is 1.68. The van der Waals surface area contributed by atoms with E-state index < -0.39 is 5.63 Å². The van der Waals surface area contributed by atoms with Crippen molar-refractivity contribution >= 4 is 11.0 Å². The van der Waals surface area contributed by atoms with Crippen LogP contribution in [0.4, 0.5) is 0 Å². The highest BCUT2D eigenvalue weighted by Crippen LogP contribution is 2.31. The quantitative estimate of drug-likeness (QED) is 0.735. The normalized spacial score (nSPS) is 9.94. The average molecular weight is 231 g/mol. The standard InChI is InChI=1S/C12H9NO4/c1-15-10-4-7-3-8(6-13)12(14)17-9(7)5-11(10)16-2/h3-5H,1-2H3. The van der Waals surface area contributed by atoms with Crippen LogP contribution in [0.2, 0.25) is 0 Å². The van der Waals surface area contributed by atoms with Gasteiger partial charge in [-0.2, -0.15) is 5.26 Å². The second kappa shape index (κ2) is 4.18. The molecule has 86 valence electrons. The van der Waals surface area contributed by atoms with E-state index in [4.69, 9.17) is 19.2 Å². The van der Waals surface area contributed by atoms with Crippen molar-refractivity contribution in [3.05, 3.63) is 34.2 Å². The molecule has 0 spiro atoms. The number of nitrogens with zero attached hydrogens (tertiary/aromatic N) is 1. The minimum Gasteiger partial charge on any atom is -0.493 e. The first kappa shape index (κ1) is 11.0. The maximum absolute atomic E-state index is 11.4. The molecule has 17 heavy (non-hydrogen) atoms. The summed E-state index contributed by atoms with van der Waals surface area (Å²) >= 11 is 0. The molecule has 0 atom stereocenters. The Labute approximate surface area is 96.8 Å². The summed E-state index contributed by atoms with van der Waals surface area (Å²) in [6, 6.07) is 6.44. The zero-order valence-corrected chi connectivity index (χ0v) is 9.31. The topological polar surface area (TPSA) is 72.5 Å². The van der Waals surface area contributed by atoms with E-state index in [0.717, 1.165) is 0 Å². The van der Waals surface area contributed by atoms with Gasteiger partial charge in [0.05, 0.1) is 14.2 Å². The van der Waals surface area contributed by atoms with Crippen molar-refractivity contribution in [2.75, 3.05) is 14.2 Å². The van der Waals surface area contributed by atoms with Gasteiger partial charge in [-0.15, -0.1) is 0 Å². The zero-order chi connectivity index (χ0) is 12.4. The van der Waals surface area contributed by atoms with Crippen molar-refractivity contribution in [3.63, 3.8) is 0 Å². The summed E-state index contributed by atoms with van der Waals surface area (Å²) in [7, 11) is 3.00. The van der Waals surface area contributed by atoms with E-state index in [2.05, 4.69) is 0 Å². The maximum Gasteiger partial charge on any atom is 0.354 e. The van der Waals surface area contributed by atoms with Crippen LogP contribution in [0.1, 0.15) is 5.56 Å². The van der Waals surface area contributed by atoms with E-state index in [-0.39, 0.29) is 5.56 Å².